The molecule has 0 radical (unpaired) electrons. The number of nitrogens with zero attached hydrogens (tertiary/aromatic N) is 2. The number of aromatic nitrogens is 1. The molecular weight excluding hydrogens is 276 g/mol. The molecule has 0 saturated carbocycles. The van der Waals surface area contributed by atoms with E-state index in [1.807, 2.05) is 0 Å². The molecule has 0 spiro atoms. The van der Waals surface area contributed by atoms with Crippen LogP contribution >= 0.6 is 11.3 Å². The van der Waals surface area contributed by atoms with Gasteiger partial charge in [0.1, 0.15) is 10.7 Å². The Kier molecular flexibility index (Phi) is 4.82. The molecule has 112 valence electrons. The summed E-state index contributed by atoms with van der Waals surface area (Å²) in [6.07, 6.45) is 1.45. The molecule has 1 saturated heterocycles. The molecule has 2 atom stereocenters. The maximum atomic E-state index is 12.4. The van der Waals surface area contributed by atoms with E-state index in [2.05, 4.69) is 17.2 Å². The maximum absolute atomic E-state index is 12.4. The fourth-order valence-electron chi connectivity index (χ4n) is 2.30. The van der Waals surface area contributed by atoms with Crippen molar-refractivity contribution in [3.05, 3.63) is 4.88 Å². The van der Waals surface area contributed by atoms with Crippen molar-refractivity contribution >= 4 is 28.2 Å². The van der Waals surface area contributed by atoms with Gasteiger partial charge in [-0.1, -0.05) is 18.3 Å². The van der Waals surface area contributed by atoms with Gasteiger partial charge in [0, 0.05) is 25.6 Å². The third-order valence-electron chi connectivity index (χ3n) is 3.57. The van der Waals surface area contributed by atoms with Crippen LogP contribution in [0.4, 0.5) is 10.9 Å². The number of thiazole rings is 1. The zero-order chi connectivity index (χ0) is 14.7. The Morgan fingerprint density at radius 3 is 3.05 bits per heavy atom. The average molecular weight is 298 g/mol. The lowest BCUT2D eigenvalue weighted by Crippen LogP contribution is -2.30. The number of hydrogen-bond acceptors (Lipinski definition) is 6. The zero-order valence-corrected chi connectivity index (χ0v) is 12.7. The van der Waals surface area contributed by atoms with E-state index in [0.29, 0.717) is 28.9 Å². The highest BCUT2D eigenvalue weighted by molar-refractivity contribution is 7.18. The first-order chi connectivity index (χ1) is 9.52. The van der Waals surface area contributed by atoms with Crippen LogP contribution < -0.4 is 11.1 Å². The Bertz CT molecular complexity index is 475. The molecule has 0 aromatic carbocycles. The summed E-state index contributed by atoms with van der Waals surface area (Å²) in [5, 5.41) is 13.4. The summed E-state index contributed by atoms with van der Waals surface area (Å²) in [5.74, 6) is 0.373. The Morgan fingerprint density at radius 1 is 1.70 bits per heavy atom. The Labute approximate surface area is 123 Å². The van der Waals surface area contributed by atoms with E-state index in [-0.39, 0.29) is 17.9 Å². The number of carbonyl (C=O) groups excluding carboxylic acids is 1. The van der Waals surface area contributed by atoms with E-state index in [1.54, 1.807) is 11.8 Å². The van der Waals surface area contributed by atoms with E-state index in [0.717, 1.165) is 19.4 Å². The van der Waals surface area contributed by atoms with Crippen molar-refractivity contribution in [1.29, 1.82) is 0 Å². The minimum atomic E-state index is -0.381. The van der Waals surface area contributed by atoms with Gasteiger partial charge in [0.25, 0.3) is 5.91 Å². The van der Waals surface area contributed by atoms with Crippen molar-refractivity contribution in [2.24, 2.45) is 5.92 Å². The predicted molar refractivity (Wildman–Crippen MR) is 81.0 cm³/mol. The van der Waals surface area contributed by atoms with Gasteiger partial charge in [-0.15, -0.1) is 0 Å². The maximum Gasteiger partial charge on any atom is 0.267 e. The van der Waals surface area contributed by atoms with Gasteiger partial charge in [0.2, 0.25) is 0 Å². The number of nitrogens with one attached hydrogen (secondary N) is 1. The SMILES string of the molecule is CCCNc1nc(N)c(C(=O)N2CCC(C(C)O)C2)s1. The highest BCUT2D eigenvalue weighted by Gasteiger charge is 2.31. The molecule has 6 nitrogen and oxygen atoms in total. The van der Waals surface area contributed by atoms with Gasteiger partial charge in [0.05, 0.1) is 6.10 Å². The molecule has 1 aliphatic rings. The van der Waals surface area contributed by atoms with Crippen molar-refractivity contribution in [2.75, 3.05) is 30.7 Å². The second-order valence-corrected chi connectivity index (χ2v) is 6.20. The minimum Gasteiger partial charge on any atom is -0.393 e. The molecule has 7 heteroatoms. The van der Waals surface area contributed by atoms with E-state index in [1.165, 1.54) is 11.3 Å². The van der Waals surface area contributed by atoms with Gasteiger partial charge in [-0.25, -0.2) is 4.98 Å². The summed E-state index contributed by atoms with van der Waals surface area (Å²) in [5.41, 5.74) is 5.84. The van der Waals surface area contributed by atoms with Crippen LogP contribution in [0.3, 0.4) is 0 Å². The molecule has 2 unspecified atom stereocenters. The van der Waals surface area contributed by atoms with E-state index in [9.17, 15) is 9.90 Å². The van der Waals surface area contributed by atoms with E-state index >= 15 is 0 Å². The number of aliphatic hydroxyl groups is 1. The van der Waals surface area contributed by atoms with Gasteiger partial charge < -0.3 is 21.1 Å². The summed E-state index contributed by atoms with van der Waals surface area (Å²) >= 11 is 1.30. The number of aliphatic hydroxyl groups excluding tert-OH is 1. The molecule has 1 fully saturated rings. The predicted octanol–water partition coefficient (Wildman–Crippen LogP) is 1.39. The molecule has 2 heterocycles. The first-order valence-electron chi connectivity index (χ1n) is 7.00. The lowest BCUT2D eigenvalue weighted by molar-refractivity contribution is 0.0768. The Balaban J connectivity index is 2.04. The van der Waals surface area contributed by atoms with Gasteiger partial charge in [-0.2, -0.15) is 0 Å². The number of rotatable bonds is 5. The van der Waals surface area contributed by atoms with Crippen molar-refractivity contribution in [2.45, 2.75) is 32.8 Å². The van der Waals surface area contributed by atoms with Gasteiger partial charge in [-0.3, -0.25) is 4.79 Å². The second kappa shape index (κ2) is 6.41. The second-order valence-electron chi connectivity index (χ2n) is 5.20. The third kappa shape index (κ3) is 3.21. The molecule has 1 aliphatic heterocycles. The molecule has 2 rings (SSSR count). The normalized spacial score (nSPS) is 20.1. The fraction of sp³-hybridized carbons (Fsp3) is 0.692. The molecule has 1 amide bonds. The van der Waals surface area contributed by atoms with E-state index in [4.69, 9.17) is 5.73 Å². The topological polar surface area (TPSA) is 91.5 Å². The molecule has 1 aromatic heterocycles. The number of amides is 1. The number of anilines is 2. The third-order valence-corrected chi connectivity index (χ3v) is 4.58. The van der Waals surface area contributed by atoms with Crippen LogP contribution in [0.1, 0.15) is 36.4 Å². The molecular formula is C13H22N4O2S. The monoisotopic (exact) mass is 298 g/mol. The highest BCUT2D eigenvalue weighted by Crippen LogP contribution is 2.29. The van der Waals surface area contributed by atoms with Crippen molar-refractivity contribution in [3.8, 4) is 0 Å². The number of nitrogen functional groups attached to an aromatic ring is 1. The largest absolute Gasteiger partial charge is 0.393 e. The summed E-state index contributed by atoms with van der Waals surface area (Å²) in [6, 6.07) is 0. The zero-order valence-electron chi connectivity index (χ0n) is 11.9. The van der Waals surface area contributed by atoms with Crippen LogP contribution in [0.25, 0.3) is 0 Å². The molecule has 20 heavy (non-hydrogen) atoms. The van der Waals surface area contributed by atoms with Crippen LogP contribution in [-0.4, -0.2) is 46.6 Å². The van der Waals surface area contributed by atoms with Crippen LogP contribution in [0.15, 0.2) is 0 Å². The minimum absolute atomic E-state index is 0.0762. The van der Waals surface area contributed by atoms with Crippen molar-refractivity contribution in [1.82, 2.24) is 9.88 Å². The first kappa shape index (κ1) is 15.1. The molecule has 0 bridgehead atoms. The van der Waals surface area contributed by atoms with Crippen LogP contribution in [0, 0.1) is 5.92 Å². The average Bonchev–Trinajstić information content (AvgIpc) is 3.02. The van der Waals surface area contributed by atoms with Crippen LogP contribution in [0.5, 0.6) is 0 Å². The number of likely N-dealkylation sites (tertiary alicyclic amines) is 1. The van der Waals surface area contributed by atoms with Gasteiger partial charge in [-0.05, 0) is 19.8 Å². The lowest BCUT2D eigenvalue weighted by Gasteiger charge is -2.16. The first-order valence-corrected chi connectivity index (χ1v) is 7.82. The van der Waals surface area contributed by atoms with Crippen molar-refractivity contribution < 1.29 is 9.90 Å². The Morgan fingerprint density at radius 2 is 2.45 bits per heavy atom. The summed E-state index contributed by atoms with van der Waals surface area (Å²) in [4.78, 5) is 18.9. The van der Waals surface area contributed by atoms with Gasteiger partial charge in [0.15, 0.2) is 5.13 Å². The smallest absolute Gasteiger partial charge is 0.267 e. The fourth-order valence-corrected chi connectivity index (χ4v) is 3.18. The van der Waals surface area contributed by atoms with Gasteiger partial charge >= 0.3 is 0 Å². The molecule has 1 aromatic rings. The van der Waals surface area contributed by atoms with Crippen LogP contribution in [0.2, 0.25) is 0 Å². The van der Waals surface area contributed by atoms with Crippen LogP contribution in [-0.2, 0) is 0 Å². The standard InChI is InChI=1S/C13H22N4O2S/c1-3-5-15-13-16-11(14)10(20-13)12(19)17-6-4-9(7-17)8(2)18/h8-9,18H,3-7,14H2,1-2H3,(H,15,16). The summed E-state index contributed by atoms with van der Waals surface area (Å²) in [7, 11) is 0. The molecule has 4 N–H and O–H groups in total. The lowest BCUT2D eigenvalue weighted by atomic mass is 10.0. The van der Waals surface area contributed by atoms with E-state index < -0.39 is 0 Å². The quantitative estimate of drug-likeness (QED) is 0.764. The molecule has 0 aliphatic carbocycles. The number of carbonyl (C=O) groups is 1. The summed E-state index contributed by atoms with van der Waals surface area (Å²) < 4.78 is 0. The number of hydrogen-bond donors (Lipinski definition) is 3. The summed E-state index contributed by atoms with van der Waals surface area (Å²) in [6.45, 7) is 5.91. The van der Waals surface area contributed by atoms with Crippen molar-refractivity contribution in [3.63, 3.8) is 0 Å². The highest BCUT2D eigenvalue weighted by atomic mass is 32.1. The Hall–Kier alpha value is -1.34. The number of nitrogens with two attached hydrogens (primary N) is 1.